The fraction of sp³-hybridized carbons (Fsp3) is 0.382. The fourth-order valence-electron chi connectivity index (χ4n) is 5.88. The van der Waals surface area contributed by atoms with Crippen molar-refractivity contribution in [2.75, 3.05) is 19.6 Å². The second-order valence-corrected chi connectivity index (χ2v) is 12.4. The predicted molar refractivity (Wildman–Crippen MR) is 165 cm³/mol. The Bertz CT molecular complexity index is 1650. The molecular formula is C34H35ClN4O4. The number of nitrogens with zero attached hydrogens (tertiary/aromatic N) is 3. The number of carbonyl (C=O) groups excluding carboxylic acids is 2. The normalized spacial score (nSPS) is 18.5. The van der Waals surface area contributed by atoms with Crippen molar-refractivity contribution in [2.24, 2.45) is 0 Å². The highest BCUT2D eigenvalue weighted by Gasteiger charge is 2.30. The minimum Gasteiger partial charge on any atom is -0.489 e. The lowest BCUT2D eigenvalue weighted by Gasteiger charge is -2.28. The van der Waals surface area contributed by atoms with Gasteiger partial charge in [0.15, 0.2) is 0 Å². The molecule has 3 fully saturated rings. The van der Waals surface area contributed by atoms with Crippen LogP contribution in [-0.4, -0.2) is 63.3 Å². The molecule has 43 heavy (non-hydrogen) atoms. The first-order valence-electron chi connectivity index (χ1n) is 15.2. The summed E-state index contributed by atoms with van der Waals surface area (Å²) in [6.45, 7) is 2.20. The van der Waals surface area contributed by atoms with Gasteiger partial charge in [0.25, 0.3) is 5.91 Å². The number of hydrogen-bond donors (Lipinski definition) is 2. The summed E-state index contributed by atoms with van der Waals surface area (Å²) < 4.78 is 7.93. The lowest BCUT2D eigenvalue weighted by molar-refractivity contribution is -0.118. The Balaban J connectivity index is 1.05. The quantitative estimate of drug-likeness (QED) is 0.169. The summed E-state index contributed by atoms with van der Waals surface area (Å²) >= 11 is 6.47. The molecule has 222 valence electrons. The van der Waals surface area contributed by atoms with Crippen LogP contribution in [0, 0.1) is 0 Å². The average Bonchev–Trinajstić information content (AvgIpc) is 3.95. The van der Waals surface area contributed by atoms with E-state index < -0.39 is 23.8 Å². The van der Waals surface area contributed by atoms with E-state index in [1.165, 1.54) is 12.8 Å². The Labute approximate surface area is 255 Å². The molecule has 2 aliphatic carbocycles. The second kappa shape index (κ2) is 11.8. The van der Waals surface area contributed by atoms with Gasteiger partial charge in [-0.1, -0.05) is 48.0 Å². The molecule has 4 aromatic rings. The molecule has 1 aliphatic heterocycles. The average molecular weight is 599 g/mol. The largest absolute Gasteiger partial charge is 0.489 e. The third kappa shape index (κ3) is 6.18. The molecule has 1 aromatic heterocycles. The number of halogens is 1. The highest BCUT2D eigenvalue weighted by atomic mass is 35.5. The Morgan fingerprint density at radius 2 is 1.72 bits per heavy atom. The van der Waals surface area contributed by atoms with Gasteiger partial charge >= 0.3 is 0 Å². The number of rotatable bonds is 11. The Kier molecular flexibility index (Phi) is 7.67. The molecule has 2 N–H and O–H groups in total. The van der Waals surface area contributed by atoms with Crippen LogP contribution in [0.1, 0.15) is 66.6 Å². The summed E-state index contributed by atoms with van der Waals surface area (Å²) in [6, 6.07) is 18.4. The predicted octanol–water partition coefficient (Wildman–Crippen LogP) is 5.73. The summed E-state index contributed by atoms with van der Waals surface area (Å²) in [5, 5.41) is 20.3. The molecule has 8 nitrogen and oxygen atoms in total. The summed E-state index contributed by atoms with van der Waals surface area (Å²) in [4.78, 5) is 28.7. The van der Waals surface area contributed by atoms with Crippen molar-refractivity contribution in [3.63, 3.8) is 0 Å². The third-order valence-electron chi connectivity index (χ3n) is 8.64. The van der Waals surface area contributed by atoms with Crippen LogP contribution >= 0.6 is 11.6 Å². The van der Waals surface area contributed by atoms with Gasteiger partial charge in [-0.3, -0.25) is 14.3 Å². The first kappa shape index (κ1) is 28.1. The molecule has 9 heteroatoms. The number of amides is 1. The first-order valence-corrected chi connectivity index (χ1v) is 15.6. The monoisotopic (exact) mass is 598 g/mol. The van der Waals surface area contributed by atoms with Crippen molar-refractivity contribution in [1.82, 2.24) is 20.0 Å². The minimum absolute atomic E-state index is 0.205. The molecule has 0 spiro atoms. The summed E-state index contributed by atoms with van der Waals surface area (Å²) in [6.07, 6.45) is 7.58. The minimum atomic E-state index is -1.05. The van der Waals surface area contributed by atoms with E-state index >= 15 is 0 Å². The molecule has 2 heterocycles. The van der Waals surface area contributed by atoms with E-state index in [4.69, 9.17) is 16.3 Å². The Morgan fingerprint density at radius 3 is 2.42 bits per heavy atom. The van der Waals surface area contributed by atoms with Gasteiger partial charge in [-0.2, -0.15) is 5.10 Å². The van der Waals surface area contributed by atoms with E-state index in [1.807, 2.05) is 18.3 Å². The molecule has 7 rings (SSSR count). The van der Waals surface area contributed by atoms with Crippen molar-refractivity contribution < 1.29 is 19.4 Å². The summed E-state index contributed by atoms with van der Waals surface area (Å²) in [5.74, 6) is -0.797. The zero-order chi connectivity index (χ0) is 29.5. The molecule has 3 aliphatic rings. The first-order chi connectivity index (χ1) is 20.9. The number of benzene rings is 3. The van der Waals surface area contributed by atoms with Crippen LogP contribution in [0.2, 0.25) is 5.02 Å². The van der Waals surface area contributed by atoms with Gasteiger partial charge in [0, 0.05) is 17.5 Å². The summed E-state index contributed by atoms with van der Waals surface area (Å²) in [5.41, 5.74) is 3.96. The van der Waals surface area contributed by atoms with Crippen LogP contribution < -0.4 is 10.1 Å². The Hall–Kier alpha value is -3.72. The van der Waals surface area contributed by atoms with Gasteiger partial charge in [0.05, 0.1) is 34.9 Å². The van der Waals surface area contributed by atoms with E-state index in [0.717, 1.165) is 60.8 Å². The number of nitrogens with one attached hydrogen (secondary N) is 1. The topological polar surface area (TPSA) is 96.7 Å². The van der Waals surface area contributed by atoms with Crippen LogP contribution in [0.25, 0.3) is 22.0 Å². The molecule has 3 aromatic carbocycles. The Morgan fingerprint density at radius 1 is 0.977 bits per heavy atom. The number of carbonyl (C=O) groups is 2. The van der Waals surface area contributed by atoms with Gasteiger partial charge in [-0.25, -0.2) is 0 Å². The van der Waals surface area contributed by atoms with Crippen LogP contribution in [0.5, 0.6) is 5.75 Å². The third-order valence-corrected chi connectivity index (χ3v) is 8.94. The number of hydrogen-bond acceptors (Lipinski definition) is 6. The maximum absolute atomic E-state index is 13.2. The number of Topliss-reactive ketones (excluding diaryl/α,β-unsaturated/α-hetero) is 1. The van der Waals surface area contributed by atoms with Crippen LogP contribution in [0.3, 0.4) is 0 Å². The van der Waals surface area contributed by atoms with Gasteiger partial charge in [-0.05, 0) is 92.6 Å². The molecular weight excluding hydrogens is 564 g/mol. The van der Waals surface area contributed by atoms with E-state index in [0.29, 0.717) is 34.5 Å². The molecule has 0 radical (unpaired) electrons. The number of aromatic nitrogens is 2. The molecule has 1 amide bonds. The highest BCUT2D eigenvalue weighted by molar-refractivity contribution is 6.42. The van der Waals surface area contributed by atoms with E-state index in [9.17, 15) is 14.7 Å². The van der Waals surface area contributed by atoms with Gasteiger partial charge in [0.2, 0.25) is 5.78 Å². The maximum atomic E-state index is 13.2. The van der Waals surface area contributed by atoms with E-state index in [1.54, 1.807) is 30.3 Å². The van der Waals surface area contributed by atoms with E-state index in [2.05, 4.69) is 38.2 Å². The van der Waals surface area contributed by atoms with Gasteiger partial charge < -0.3 is 20.1 Å². The zero-order valence-electron chi connectivity index (χ0n) is 23.9. The molecule has 1 saturated heterocycles. The van der Waals surface area contributed by atoms with Gasteiger partial charge in [-0.15, -0.1) is 0 Å². The van der Waals surface area contributed by atoms with Crippen molar-refractivity contribution >= 4 is 34.2 Å². The fourth-order valence-corrected chi connectivity index (χ4v) is 6.12. The highest BCUT2D eigenvalue weighted by Crippen LogP contribution is 2.37. The molecule has 0 bridgehead atoms. The summed E-state index contributed by atoms with van der Waals surface area (Å²) in [7, 11) is 0. The van der Waals surface area contributed by atoms with E-state index in [-0.39, 0.29) is 6.10 Å². The maximum Gasteiger partial charge on any atom is 0.292 e. The number of aliphatic hydroxyl groups excluding tert-OH is 1. The lowest BCUT2D eigenvalue weighted by Crippen LogP contribution is -2.48. The number of fused-ring (bicyclic) bond motifs is 1. The van der Waals surface area contributed by atoms with Gasteiger partial charge in [0.1, 0.15) is 11.9 Å². The lowest BCUT2D eigenvalue weighted by atomic mass is 9.99. The number of ketones is 1. The number of ether oxygens (including phenoxy) is 1. The molecule has 2 atom stereocenters. The molecule has 2 saturated carbocycles. The zero-order valence-corrected chi connectivity index (χ0v) is 24.7. The van der Waals surface area contributed by atoms with Crippen LogP contribution in [0.4, 0.5) is 0 Å². The van der Waals surface area contributed by atoms with Crippen molar-refractivity contribution in [1.29, 1.82) is 0 Å². The van der Waals surface area contributed by atoms with Crippen molar-refractivity contribution in [3.8, 4) is 16.9 Å². The van der Waals surface area contributed by atoms with Crippen LogP contribution in [-0.2, 0) is 4.79 Å². The standard InChI is InChI=1S/C34H35ClN4O4/c35-28-18-24(8-14-31(28)43-27-11-12-27)32(40)29(20-38-15-1-2-16-38)37-34(42)33(41)22-5-3-21(4-6-22)23-7-13-30-25(17-23)19-36-39(30)26-9-10-26/h3-8,13-14,17-19,26-27,29,32,40H,1-2,9-12,15-16,20H2,(H,37,42)/t29-,32-/m1/s1. The molecule has 0 unspecified atom stereocenters. The van der Waals surface area contributed by atoms with Crippen molar-refractivity contribution in [2.45, 2.75) is 62.8 Å². The smallest absolute Gasteiger partial charge is 0.292 e. The number of likely N-dealkylation sites (tertiary alicyclic amines) is 1. The van der Waals surface area contributed by atoms with Crippen molar-refractivity contribution in [3.05, 3.63) is 83.0 Å². The SMILES string of the molecule is O=C(N[C@H](CN1CCCC1)[C@H](O)c1ccc(OC2CC2)c(Cl)c1)C(=O)c1ccc(-c2ccc3c(cnn3C3CC3)c2)cc1. The second-order valence-electron chi connectivity index (χ2n) is 12.0. The number of aliphatic hydroxyl groups is 1. The van der Waals surface area contributed by atoms with Crippen LogP contribution in [0.15, 0.2) is 66.9 Å².